The van der Waals surface area contributed by atoms with Gasteiger partial charge in [0.1, 0.15) is 0 Å². The molecule has 0 aliphatic carbocycles. The smallest absolute Gasteiger partial charge is 0.150 e. The van der Waals surface area contributed by atoms with Gasteiger partial charge in [0, 0.05) is 15.6 Å². The van der Waals surface area contributed by atoms with Crippen molar-refractivity contribution < 1.29 is 9.90 Å². The van der Waals surface area contributed by atoms with Crippen LogP contribution in [0.25, 0.3) is 10.1 Å². The van der Waals surface area contributed by atoms with Crippen LogP contribution in [-0.2, 0) is 6.61 Å². The van der Waals surface area contributed by atoms with E-state index in [1.54, 1.807) is 11.3 Å². The van der Waals surface area contributed by atoms with Crippen molar-refractivity contribution in [3.63, 3.8) is 0 Å². The first-order valence-corrected chi connectivity index (χ1v) is 5.21. The van der Waals surface area contributed by atoms with Crippen LogP contribution in [0, 0.1) is 6.92 Å². The number of hydrogen-bond acceptors (Lipinski definition) is 3. The van der Waals surface area contributed by atoms with Gasteiger partial charge in [0.05, 0.1) is 6.61 Å². The second-order valence-corrected chi connectivity index (χ2v) is 4.18. The van der Waals surface area contributed by atoms with Gasteiger partial charge in [-0.2, -0.15) is 0 Å². The number of thiophene rings is 1. The first-order chi connectivity index (χ1) is 6.76. The Morgan fingerprint density at radius 2 is 2.29 bits per heavy atom. The molecule has 0 saturated carbocycles. The molecule has 0 saturated heterocycles. The van der Waals surface area contributed by atoms with Gasteiger partial charge in [-0.15, -0.1) is 11.3 Å². The summed E-state index contributed by atoms with van der Waals surface area (Å²) in [5.41, 5.74) is 2.59. The van der Waals surface area contributed by atoms with Crippen LogP contribution in [0.2, 0.25) is 0 Å². The number of fused-ring (bicyclic) bond motifs is 1. The average molecular weight is 206 g/mol. The molecule has 2 rings (SSSR count). The summed E-state index contributed by atoms with van der Waals surface area (Å²) >= 11 is 1.56. The molecule has 14 heavy (non-hydrogen) atoms. The summed E-state index contributed by atoms with van der Waals surface area (Å²) in [5.74, 6) is 0. The minimum absolute atomic E-state index is 0.0100. The van der Waals surface area contributed by atoms with Crippen LogP contribution >= 0.6 is 11.3 Å². The molecule has 3 heteroatoms. The molecule has 2 nitrogen and oxygen atoms in total. The van der Waals surface area contributed by atoms with E-state index in [2.05, 4.69) is 0 Å². The summed E-state index contributed by atoms with van der Waals surface area (Å²) in [5, 5.41) is 11.9. The van der Waals surface area contributed by atoms with Crippen LogP contribution in [0.15, 0.2) is 17.5 Å². The number of carbonyl (C=O) groups is 1. The zero-order chi connectivity index (χ0) is 10.1. The predicted octanol–water partition coefficient (Wildman–Crippen LogP) is 2.51. The molecule has 0 atom stereocenters. The Morgan fingerprint density at radius 3 is 2.93 bits per heavy atom. The van der Waals surface area contributed by atoms with Crippen LogP contribution in [0.5, 0.6) is 0 Å². The normalized spacial score (nSPS) is 10.7. The zero-order valence-electron chi connectivity index (χ0n) is 7.78. The average Bonchev–Trinajstić information content (AvgIpc) is 2.59. The van der Waals surface area contributed by atoms with Crippen LogP contribution in [-0.4, -0.2) is 11.4 Å². The van der Waals surface area contributed by atoms with E-state index in [0.717, 1.165) is 27.5 Å². The maximum Gasteiger partial charge on any atom is 0.150 e. The number of benzene rings is 1. The maximum atomic E-state index is 10.9. The summed E-state index contributed by atoms with van der Waals surface area (Å²) in [4.78, 5) is 10.9. The van der Waals surface area contributed by atoms with E-state index >= 15 is 0 Å². The summed E-state index contributed by atoms with van der Waals surface area (Å²) in [6, 6.07) is 3.88. The largest absolute Gasteiger partial charge is 0.392 e. The van der Waals surface area contributed by atoms with Crippen molar-refractivity contribution in [2.75, 3.05) is 0 Å². The van der Waals surface area contributed by atoms with Gasteiger partial charge in [-0.3, -0.25) is 4.79 Å². The highest BCUT2D eigenvalue weighted by molar-refractivity contribution is 7.17. The van der Waals surface area contributed by atoms with E-state index in [4.69, 9.17) is 5.11 Å². The van der Waals surface area contributed by atoms with Crippen molar-refractivity contribution in [1.82, 2.24) is 0 Å². The quantitative estimate of drug-likeness (QED) is 0.766. The number of aryl methyl sites for hydroxylation is 1. The highest BCUT2D eigenvalue weighted by Gasteiger charge is 2.08. The van der Waals surface area contributed by atoms with E-state index in [0.29, 0.717) is 5.56 Å². The molecule has 0 spiro atoms. The molecule has 0 aliphatic rings. The Hall–Kier alpha value is -1.19. The van der Waals surface area contributed by atoms with Crippen molar-refractivity contribution >= 4 is 27.7 Å². The lowest BCUT2D eigenvalue weighted by Gasteiger charge is -2.00. The minimum atomic E-state index is -0.0100. The molecule has 1 N–H and O–H groups in total. The standard InChI is InChI=1S/C11H10O2S/c1-7-2-8(4-12)11-9(5-13)6-14-10(11)3-7/h2-4,6,13H,5H2,1H3. The molecule has 0 aliphatic heterocycles. The summed E-state index contributed by atoms with van der Waals surface area (Å²) in [7, 11) is 0. The zero-order valence-corrected chi connectivity index (χ0v) is 8.60. The van der Waals surface area contributed by atoms with Gasteiger partial charge >= 0.3 is 0 Å². The number of rotatable bonds is 2. The van der Waals surface area contributed by atoms with Gasteiger partial charge in [0.25, 0.3) is 0 Å². The maximum absolute atomic E-state index is 10.9. The van der Waals surface area contributed by atoms with E-state index in [9.17, 15) is 4.79 Å². The third-order valence-electron chi connectivity index (χ3n) is 2.22. The lowest BCUT2D eigenvalue weighted by molar-refractivity contribution is 0.112. The van der Waals surface area contributed by atoms with Gasteiger partial charge in [-0.25, -0.2) is 0 Å². The molecule has 1 aromatic heterocycles. The molecular formula is C11H10O2S. The molecule has 0 fully saturated rings. The topological polar surface area (TPSA) is 37.3 Å². The molecule has 2 aromatic rings. The van der Waals surface area contributed by atoms with E-state index in [-0.39, 0.29) is 6.61 Å². The van der Waals surface area contributed by atoms with Gasteiger partial charge < -0.3 is 5.11 Å². The van der Waals surface area contributed by atoms with Gasteiger partial charge in [0.15, 0.2) is 6.29 Å². The fourth-order valence-electron chi connectivity index (χ4n) is 1.62. The molecule has 0 amide bonds. The lowest BCUT2D eigenvalue weighted by atomic mass is 10.1. The van der Waals surface area contributed by atoms with Crippen molar-refractivity contribution in [2.24, 2.45) is 0 Å². The molecule has 72 valence electrons. The number of aldehydes is 1. The van der Waals surface area contributed by atoms with E-state index < -0.39 is 0 Å². The van der Waals surface area contributed by atoms with Crippen molar-refractivity contribution in [2.45, 2.75) is 13.5 Å². The Balaban J connectivity index is 2.85. The second-order valence-electron chi connectivity index (χ2n) is 3.26. The number of hydrogen-bond donors (Lipinski definition) is 1. The second kappa shape index (κ2) is 3.52. The van der Waals surface area contributed by atoms with Crippen LogP contribution in [0.1, 0.15) is 21.5 Å². The fourth-order valence-corrected chi connectivity index (χ4v) is 2.70. The number of carbonyl (C=O) groups excluding carboxylic acids is 1. The summed E-state index contributed by atoms with van der Waals surface area (Å²) in [6.45, 7) is 1.95. The van der Waals surface area contributed by atoms with Crippen molar-refractivity contribution in [3.05, 3.63) is 34.2 Å². The predicted molar refractivity (Wildman–Crippen MR) is 57.9 cm³/mol. The highest BCUT2D eigenvalue weighted by Crippen LogP contribution is 2.29. The molecule has 0 radical (unpaired) electrons. The van der Waals surface area contributed by atoms with E-state index in [1.165, 1.54) is 0 Å². The third kappa shape index (κ3) is 1.35. The Bertz CT molecular complexity index is 485. The first kappa shape index (κ1) is 9.37. The third-order valence-corrected chi connectivity index (χ3v) is 3.20. The fraction of sp³-hybridized carbons (Fsp3) is 0.182. The van der Waals surface area contributed by atoms with Crippen LogP contribution in [0.4, 0.5) is 0 Å². The highest BCUT2D eigenvalue weighted by atomic mass is 32.1. The lowest BCUT2D eigenvalue weighted by Crippen LogP contribution is -1.87. The molecule has 1 heterocycles. The van der Waals surface area contributed by atoms with E-state index in [1.807, 2.05) is 24.4 Å². The Kier molecular flexibility index (Phi) is 2.35. The van der Waals surface area contributed by atoms with Crippen molar-refractivity contribution in [3.8, 4) is 0 Å². The summed E-state index contributed by atoms with van der Waals surface area (Å²) < 4.78 is 1.07. The minimum Gasteiger partial charge on any atom is -0.392 e. The van der Waals surface area contributed by atoms with Gasteiger partial charge in [-0.1, -0.05) is 0 Å². The first-order valence-electron chi connectivity index (χ1n) is 4.33. The monoisotopic (exact) mass is 206 g/mol. The number of aliphatic hydroxyl groups is 1. The Labute approximate surface area is 85.8 Å². The SMILES string of the molecule is Cc1cc(C=O)c2c(CO)csc2c1. The molecule has 0 bridgehead atoms. The molecular weight excluding hydrogens is 196 g/mol. The molecule has 0 unspecified atom stereocenters. The van der Waals surface area contributed by atoms with Gasteiger partial charge in [-0.05, 0) is 35.6 Å². The Morgan fingerprint density at radius 1 is 1.50 bits per heavy atom. The van der Waals surface area contributed by atoms with Crippen molar-refractivity contribution in [1.29, 1.82) is 0 Å². The van der Waals surface area contributed by atoms with Crippen LogP contribution in [0.3, 0.4) is 0 Å². The number of aliphatic hydroxyl groups excluding tert-OH is 1. The summed E-state index contributed by atoms with van der Waals surface area (Å²) in [6.07, 6.45) is 0.848. The molecule has 1 aromatic carbocycles. The van der Waals surface area contributed by atoms with Gasteiger partial charge in [0.2, 0.25) is 0 Å². The van der Waals surface area contributed by atoms with Crippen LogP contribution < -0.4 is 0 Å².